The molecule has 1 aromatic heterocycles. The Labute approximate surface area is 105 Å². The van der Waals surface area contributed by atoms with Crippen LogP contribution in [0, 0.1) is 0 Å². The fraction of sp³-hybridized carbons (Fsp3) is 0.556. The Morgan fingerprint density at radius 1 is 1.68 bits per heavy atom. The molecule has 1 saturated heterocycles. The number of rotatable bonds is 2. The van der Waals surface area contributed by atoms with E-state index in [1.807, 2.05) is 0 Å². The van der Waals surface area contributed by atoms with Crippen molar-refractivity contribution in [2.45, 2.75) is 24.2 Å². The van der Waals surface area contributed by atoms with Crippen molar-refractivity contribution in [3.8, 4) is 6.01 Å². The summed E-state index contributed by atoms with van der Waals surface area (Å²) in [7, 11) is 0. The summed E-state index contributed by atoms with van der Waals surface area (Å²) in [5, 5.41) is 22.7. The molecule has 2 aliphatic heterocycles. The first kappa shape index (κ1) is 11.9. The number of nitrogens with zero attached hydrogens (tertiary/aromatic N) is 5. The summed E-state index contributed by atoms with van der Waals surface area (Å²) >= 11 is 0. The Bertz CT molecular complexity index is 626. The lowest BCUT2D eigenvalue weighted by molar-refractivity contribution is -0.123. The van der Waals surface area contributed by atoms with Gasteiger partial charge >= 0.3 is 6.01 Å². The van der Waals surface area contributed by atoms with Crippen LogP contribution in [0.5, 0.6) is 6.01 Å². The second kappa shape index (κ2) is 3.93. The monoisotopic (exact) mass is 267 g/mol. The van der Waals surface area contributed by atoms with Crippen LogP contribution in [0.3, 0.4) is 0 Å². The molecule has 10 heteroatoms. The van der Waals surface area contributed by atoms with E-state index in [9.17, 15) is 15.0 Å². The van der Waals surface area contributed by atoms with Gasteiger partial charge < -0.3 is 19.7 Å². The molecular formula is C9H9N5O5. The van der Waals surface area contributed by atoms with Crippen LogP contribution < -0.4 is 10.3 Å². The predicted molar refractivity (Wildman–Crippen MR) is 58.0 cm³/mol. The maximum absolute atomic E-state index is 11.1. The van der Waals surface area contributed by atoms with Crippen LogP contribution >= 0.6 is 0 Å². The van der Waals surface area contributed by atoms with Crippen LogP contribution in [0.1, 0.15) is 6.23 Å². The molecule has 0 bridgehead atoms. The highest BCUT2D eigenvalue weighted by molar-refractivity contribution is 5.13. The van der Waals surface area contributed by atoms with Gasteiger partial charge in [-0.3, -0.25) is 9.36 Å². The minimum atomic E-state index is -1.80. The molecule has 0 amide bonds. The van der Waals surface area contributed by atoms with Gasteiger partial charge in [-0.2, -0.15) is 4.98 Å². The van der Waals surface area contributed by atoms with E-state index < -0.39 is 36.3 Å². The highest BCUT2D eigenvalue weighted by Crippen LogP contribution is 2.44. The molecule has 2 aliphatic rings. The number of hydrogen-bond acceptors (Lipinski definition) is 7. The highest BCUT2D eigenvalue weighted by Gasteiger charge is 2.59. The van der Waals surface area contributed by atoms with Crippen molar-refractivity contribution in [2.75, 3.05) is 6.61 Å². The SMILES string of the molecule is [N-]=[N+]=N[C@]1(CO)O[C@@H]2[C@@H](Oc3nc(=O)ccn32)[C@@H]1O. The number of fused-ring (bicyclic) bond motifs is 3. The zero-order chi connectivity index (χ0) is 13.6. The van der Waals surface area contributed by atoms with Crippen LogP contribution in [-0.2, 0) is 4.74 Å². The van der Waals surface area contributed by atoms with Gasteiger partial charge in [0, 0.05) is 17.2 Å². The van der Waals surface area contributed by atoms with E-state index in [2.05, 4.69) is 15.0 Å². The van der Waals surface area contributed by atoms with Gasteiger partial charge in [0.2, 0.25) is 5.72 Å². The fourth-order valence-corrected chi connectivity index (χ4v) is 2.22. The Morgan fingerprint density at radius 2 is 2.47 bits per heavy atom. The minimum Gasteiger partial charge on any atom is -0.453 e. The lowest BCUT2D eigenvalue weighted by Gasteiger charge is -2.25. The number of ether oxygens (including phenoxy) is 2. The van der Waals surface area contributed by atoms with Crippen molar-refractivity contribution in [1.82, 2.24) is 9.55 Å². The highest BCUT2D eigenvalue weighted by atomic mass is 16.6. The lowest BCUT2D eigenvalue weighted by Crippen LogP contribution is -2.45. The lowest BCUT2D eigenvalue weighted by atomic mass is 10.1. The first-order valence-electron chi connectivity index (χ1n) is 5.40. The van der Waals surface area contributed by atoms with Crippen LogP contribution in [0.2, 0.25) is 0 Å². The van der Waals surface area contributed by atoms with E-state index in [0.29, 0.717) is 0 Å². The number of aliphatic hydroxyl groups is 2. The summed E-state index contributed by atoms with van der Waals surface area (Å²) in [6.45, 7) is -0.697. The number of aliphatic hydroxyl groups excluding tert-OH is 2. The first-order valence-corrected chi connectivity index (χ1v) is 5.40. The van der Waals surface area contributed by atoms with Gasteiger partial charge in [0.05, 0.1) is 6.61 Å². The standard InChI is InChI=1S/C9H9N5O5/c10-13-12-9(3-15)6(17)5-7(19-9)14-2-1-4(16)11-8(14)18-5/h1-2,5-7,15,17H,3H2/t5-,6-,7+,9+/m0/s1. The van der Waals surface area contributed by atoms with Gasteiger partial charge in [0.15, 0.2) is 12.3 Å². The van der Waals surface area contributed by atoms with E-state index in [0.717, 1.165) is 0 Å². The number of aromatic nitrogens is 2. The molecule has 19 heavy (non-hydrogen) atoms. The van der Waals surface area contributed by atoms with E-state index >= 15 is 0 Å². The van der Waals surface area contributed by atoms with Crippen molar-refractivity contribution < 1.29 is 19.7 Å². The van der Waals surface area contributed by atoms with Crippen LogP contribution in [0.15, 0.2) is 22.2 Å². The van der Waals surface area contributed by atoms with Crippen molar-refractivity contribution in [1.29, 1.82) is 0 Å². The van der Waals surface area contributed by atoms with E-state index in [4.69, 9.17) is 15.0 Å². The minimum absolute atomic E-state index is 0.00836. The normalized spacial score (nSPS) is 35.2. The van der Waals surface area contributed by atoms with Gasteiger partial charge in [0.1, 0.15) is 6.10 Å². The molecule has 1 aromatic rings. The van der Waals surface area contributed by atoms with Gasteiger partial charge in [0.25, 0.3) is 5.56 Å². The quantitative estimate of drug-likeness (QED) is 0.395. The summed E-state index contributed by atoms with van der Waals surface area (Å²) in [6.07, 6.45) is -1.72. The molecule has 3 rings (SSSR count). The second-order valence-electron chi connectivity index (χ2n) is 4.18. The van der Waals surface area contributed by atoms with Gasteiger partial charge in [-0.15, -0.1) is 0 Å². The molecule has 0 aliphatic carbocycles. The molecule has 0 radical (unpaired) electrons. The third-order valence-corrected chi connectivity index (χ3v) is 3.14. The fourth-order valence-electron chi connectivity index (χ4n) is 2.22. The van der Waals surface area contributed by atoms with Crippen molar-refractivity contribution in [3.05, 3.63) is 33.1 Å². The molecule has 3 heterocycles. The van der Waals surface area contributed by atoms with Crippen molar-refractivity contribution in [2.24, 2.45) is 5.11 Å². The van der Waals surface area contributed by atoms with Crippen LogP contribution in [0.4, 0.5) is 0 Å². The number of hydrogen-bond donors (Lipinski definition) is 2. The predicted octanol–water partition coefficient (Wildman–Crippen LogP) is -1.11. The maximum Gasteiger partial charge on any atom is 0.302 e. The average Bonchev–Trinajstić information content (AvgIpc) is 2.86. The van der Waals surface area contributed by atoms with Gasteiger partial charge in [-0.25, -0.2) is 0 Å². The van der Waals surface area contributed by atoms with Crippen molar-refractivity contribution >= 4 is 0 Å². The van der Waals surface area contributed by atoms with Gasteiger partial charge in [-0.1, -0.05) is 5.11 Å². The molecule has 0 unspecified atom stereocenters. The molecule has 2 N–H and O–H groups in total. The molecule has 100 valence electrons. The van der Waals surface area contributed by atoms with Crippen molar-refractivity contribution in [3.63, 3.8) is 0 Å². The molecule has 0 saturated carbocycles. The molecule has 0 aromatic carbocycles. The first-order chi connectivity index (χ1) is 9.11. The Balaban J connectivity index is 2.03. The largest absolute Gasteiger partial charge is 0.453 e. The molecule has 1 fully saturated rings. The topological polar surface area (TPSA) is 143 Å². The number of azide groups is 1. The smallest absolute Gasteiger partial charge is 0.302 e. The van der Waals surface area contributed by atoms with Gasteiger partial charge in [-0.05, 0) is 5.53 Å². The molecule has 0 spiro atoms. The summed E-state index contributed by atoms with van der Waals surface area (Å²) in [4.78, 5) is 17.3. The van der Waals surface area contributed by atoms with E-state index in [1.165, 1.54) is 16.8 Å². The van der Waals surface area contributed by atoms with Crippen LogP contribution in [0.25, 0.3) is 10.4 Å². The zero-order valence-corrected chi connectivity index (χ0v) is 9.45. The zero-order valence-electron chi connectivity index (χ0n) is 9.45. The molecular weight excluding hydrogens is 258 g/mol. The third-order valence-electron chi connectivity index (χ3n) is 3.14. The average molecular weight is 267 g/mol. The summed E-state index contributed by atoms with van der Waals surface area (Å²) < 4.78 is 12.1. The van der Waals surface area contributed by atoms with Crippen LogP contribution in [-0.4, -0.2) is 44.3 Å². The Kier molecular flexibility index (Phi) is 2.47. The second-order valence-corrected chi connectivity index (χ2v) is 4.18. The molecule has 4 atom stereocenters. The summed E-state index contributed by atoms with van der Waals surface area (Å²) in [6, 6.07) is 1.21. The van der Waals surface area contributed by atoms with E-state index in [1.54, 1.807) is 0 Å². The maximum atomic E-state index is 11.1. The Morgan fingerprint density at radius 3 is 3.16 bits per heavy atom. The molecule has 10 nitrogen and oxygen atoms in total. The third kappa shape index (κ3) is 1.52. The van der Waals surface area contributed by atoms with E-state index in [-0.39, 0.29) is 6.01 Å². The summed E-state index contributed by atoms with van der Waals surface area (Å²) in [5.41, 5.74) is 6.21. The summed E-state index contributed by atoms with van der Waals surface area (Å²) in [5.74, 6) is 0. The Hall–Kier alpha value is -2.13.